The van der Waals surface area contributed by atoms with E-state index in [1.165, 1.54) is 12.1 Å². The summed E-state index contributed by atoms with van der Waals surface area (Å²) >= 11 is 7.05. The summed E-state index contributed by atoms with van der Waals surface area (Å²) in [4.78, 5) is 12.8. The summed E-state index contributed by atoms with van der Waals surface area (Å²) in [6, 6.07) is 14.4. The van der Waals surface area contributed by atoms with Crippen molar-refractivity contribution >= 4 is 39.2 Å². The van der Waals surface area contributed by atoms with Crippen LogP contribution in [-0.2, 0) is 50.4 Å². The molecule has 3 aromatic carbocycles. The number of ether oxygens (including phenoxy) is 2. The number of fused-ring (bicyclic) bond motifs is 8. The van der Waals surface area contributed by atoms with E-state index in [1.54, 1.807) is 22.9 Å². The fourth-order valence-corrected chi connectivity index (χ4v) is 7.50. The number of carbonyl (C=O) groups is 1. The van der Waals surface area contributed by atoms with E-state index < -0.39 is 11.6 Å². The summed E-state index contributed by atoms with van der Waals surface area (Å²) in [5.74, 6) is -0.690. The summed E-state index contributed by atoms with van der Waals surface area (Å²) in [7, 11) is 3.78. The molecule has 1 aliphatic heterocycles. The van der Waals surface area contributed by atoms with Crippen LogP contribution >= 0.6 is 11.6 Å². The van der Waals surface area contributed by atoms with Crippen LogP contribution < -0.4 is 4.74 Å². The molecule has 258 valence electrons. The Morgan fingerprint density at radius 2 is 1.86 bits per heavy atom. The number of carboxylic acids is 1. The lowest BCUT2D eigenvalue weighted by molar-refractivity contribution is -0.0149. The fraction of sp³-hybridized carbons (Fsp3) is 0.308. The van der Waals surface area contributed by atoms with Crippen LogP contribution in [-0.4, -0.2) is 41.8 Å². The number of carboxylic acid groups (broad SMARTS) is 1. The highest BCUT2D eigenvalue weighted by atomic mass is 35.5. The maximum atomic E-state index is 14.3. The van der Waals surface area contributed by atoms with Gasteiger partial charge in [-0.15, -0.1) is 0 Å². The SMILES string of the molecule is C=CC1(C)OCc2cc(n(C)n2)CCc2cc(c3ccc(F)cc3c2)OCCCn2c(C(=O)O)c(C)c3c(c(Cl)ccc32)-c2c1nn(C)c2C. The van der Waals surface area contributed by atoms with Gasteiger partial charge in [-0.1, -0.05) is 30.3 Å². The van der Waals surface area contributed by atoms with E-state index in [0.717, 1.165) is 49.9 Å². The molecular weight excluding hydrogens is 657 g/mol. The monoisotopic (exact) mass is 695 g/mol. The molecule has 7 rings (SSSR count). The van der Waals surface area contributed by atoms with E-state index in [1.807, 2.05) is 68.4 Å². The van der Waals surface area contributed by atoms with E-state index in [4.69, 9.17) is 31.3 Å². The number of hydrogen-bond donors (Lipinski definition) is 1. The molecule has 11 heteroatoms. The Morgan fingerprint density at radius 3 is 2.62 bits per heavy atom. The first-order valence-electron chi connectivity index (χ1n) is 16.6. The van der Waals surface area contributed by atoms with Gasteiger partial charge >= 0.3 is 5.97 Å². The molecular formula is C39H39ClFN5O4. The molecule has 4 heterocycles. The number of halogens is 2. The van der Waals surface area contributed by atoms with Crippen molar-refractivity contribution in [2.75, 3.05) is 6.61 Å². The third kappa shape index (κ3) is 5.66. The maximum absolute atomic E-state index is 14.3. The molecule has 0 aliphatic carbocycles. The van der Waals surface area contributed by atoms with Crippen LogP contribution in [0.25, 0.3) is 32.8 Å². The minimum atomic E-state index is -1.05. The first-order valence-corrected chi connectivity index (χ1v) is 17.0. The smallest absolute Gasteiger partial charge is 0.352 e. The van der Waals surface area contributed by atoms with Crippen molar-refractivity contribution in [1.29, 1.82) is 0 Å². The highest BCUT2D eigenvalue weighted by Crippen LogP contribution is 2.45. The molecule has 0 saturated heterocycles. The van der Waals surface area contributed by atoms with Crippen LogP contribution in [0.2, 0.25) is 5.02 Å². The lowest BCUT2D eigenvalue weighted by Crippen LogP contribution is -2.25. The summed E-state index contributed by atoms with van der Waals surface area (Å²) in [5.41, 5.74) is 6.17. The summed E-state index contributed by atoms with van der Waals surface area (Å²) < 4.78 is 32.8. The van der Waals surface area contributed by atoms with Gasteiger partial charge < -0.3 is 19.1 Å². The minimum absolute atomic E-state index is 0.186. The molecule has 1 N–H and O–H groups in total. The van der Waals surface area contributed by atoms with E-state index in [9.17, 15) is 14.3 Å². The van der Waals surface area contributed by atoms with Crippen molar-refractivity contribution in [3.63, 3.8) is 0 Å². The predicted molar refractivity (Wildman–Crippen MR) is 193 cm³/mol. The number of aryl methyl sites for hydroxylation is 6. The van der Waals surface area contributed by atoms with E-state index >= 15 is 0 Å². The van der Waals surface area contributed by atoms with Crippen molar-refractivity contribution in [3.05, 3.63) is 112 Å². The molecule has 0 saturated carbocycles. The normalized spacial score (nSPS) is 17.0. The van der Waals surface area contributed by atoms with Gasteiger partial charge in [0.25, 0.3) is 0 Å². The van der Waals surface area contributed by atoms with Crippen LogP contribution in [0.4, 0.5) is 4.39 Å². The molecule has 9 nitrogen and oxygen atoms in total. The third-order valence-electron chi connectivity index (χ3n) is 10.0. The molecule has 50 heavy (non-hydrogen) atoms. The zero-order chi connectivity index (χ0) is 35.5. The number of hydrogen-bond acceptors (Lipinski definition) is 5. The molecule has 0 amide bonds. The zero-order valence-electron chi connectivity index (χ0n) is 28.8. The van der Waals surface area contributed by atoms with Crippen LogP contribution in [0.15, 0.2) is 61.2 Å². The lowest BCUT2D eigenvalue weighted by atomic mass is 9.90. The predicted octanol–water partition coefficient (Wildman–Crippen LogP) is 8.22. The quantitative estimate of drug-likeness (QED) is 0.184. The van der Waals surface area contributed by atoms with E-state index in [0.29, 0.717) is 60.0 Å². The molecule has 1 atom stereocenters. The largest absolute Gasteiger partial charge is 0.493 e. The van der Waals surface area contributed by atoms with Gasteiger partial charge in [0.05, 0.1) is 18.9 Å². The highest BCUT2D eigenvalue weighted by Gasteiger charge is 2.35. The van der Waals surface area contributed by atoms with Gasteiger partial charge in [-0.25, -0.2) is 9.18 Å². The highest BCUT2D eigenvalue weighted by molar-refractivity contribution is 6.35. The molecule has 0 fully saturated rings. The first kappa shape index (κ1) is 33.6. The number of benzene rings is 3. The Balaban J connectivity index is 1.42. The molecule has 8 bridgehead atoms. The minimum Gasteiger partial charge on any atom is -0.493 e. The number of rotatable bonds is 2. The second kappa shape index (κ2) is 12.8. The van der Waals surface area contributed by atoms with Crippen LogP contribution in [0.3, 0.4) is 0 Å². The summed E-state index contributed by atoms with van der Waals surface area (Å²) in [5, 5.41) is 23.0. The number of aromatic carboxylic acids is 1. The van der Waals surface area contributed by atoms with Gasteiger partial charge in [-0.2, -0.15) is 10.2 Å². The van der Waals surface area contributed by atoms with Gasteiger partial charge in [0.2, 0.25) is 0 Å². The number of nitrogens with zero attached hydrogens (tertiary/aromatic N) is 5. The molecule has 6 aromatic rings. The van der Waals surface area contributed by atoms with Crippen molar-refractivity contribution in [1.82, 2.24) is 24.1 Å². The molecule has 1 aliphatic rings. The van der Waals surface area contributed by atoms with Crippen LogP contribution in [0, 0.1) is 19.7 Å². The lowest BCUT2D eigenvalue weighted by Gasteiger charge is -2.26. The number of aromatic nitrogens is 5. The average Bonchev–Trinajstić information content (AvgIpc) is 3.70. The molecule has 3 aromatic heterocycles. The van der Waals surface area contributed by atoms with Crippen LogP contribution in [0.5, 0.6) is 5.75 Å². The van der Waals surface area contributed by atoms with Gasteiger partial charge in [-0.05, 0) is 99.0 Å². The second-order valence-electron chi connectivity index (χ2n) is 13.2. The Morgan fingerprint density at radius 1 is 1.06 bits per heavy atom. The van der Waals surface area contributed by atoms with Gasteiger partial charge in [-0.3, -0.25) is 9.36 Å². The van der Waals surface area contributed by atoms with Gasteiger partial charge in [0.15, 0.2) is 0 Å². The Bertz CT molecular complexity index is 2340. The third-order valence-corrected chi connectivity index (χ3v) is 10.3. The standard InChI is InChI=1S/C39H39ClFN5O4/c1-7-39(4)37-34(23(3)44(5)43-37)35-30(40)13-14-31-33(35)22(2)36(38(47)48)46(31)15-8-16-49-32-18-24(17-25-19-26(41)10-12-29(25)32)9-11-28-20-27(21-50-39)42-45(28)6/h7,10,12-14,17-20H,1,8-9,11,15-16,21H2,2-6H3,(H,47,48). The van der Waals surface area contributed by atoms with Gasteiger partial charge in [0, 0.05) is 64.5 Å². The zero-order valence-corrected chi connectivity index (χ0v) is 29.6. The summed E-state index contributed by atoms with van der Waals surface area (Å²) in [6.45, 7) is 10.7. The van der Waals surface area contributed by atoms with Crippen LogP contribution in [0.1, 0.15) is 57.7 Å². The Hall–Kier alpha value is -4.93. The molecule has 1 unspecified atom stereocenters. The fourth-order valence-electron chi connectivity index (χ4n) is 7.25. The first-order chi connectivity index (χ1) is 23.9. The summed E-state index contributed by atoms with van der Waals surface area (Å²) in [6.07, 6.45) is 3.63. The molecule has 0 spiro atoms. The van der Waals surface area contributed by atoms with E-state index in [2.05, 4.69) is 6.58 Å². The van der Waals surface area contributed by atoms with Crippen molar-refractivity contribution in [3.8, 4) is 16.9 Å². The topological polar surface area (TPSA) is 96.3 Å². The van der Waals surface area contributed by atoms with Crippen molar-refractivity contribution < 1.29 is 23.8 Å². The maximum Gasteiger partial charge on any atom is 0.352 e. The van der Waals surface area contributed by atoms with Crippen molar-refractivity contribution in [2.24, 2.45) is 14.1 Å². The average molecular weight is 696 g/mol. The second-order valence-corrected chi connectivity index (χ2v) is 13.6. The molecule has 0 radical (unpaired) electrons. The van der Waals surface area contributed by atoms with E-state index in [-0.39, 0.29) is 18.1 Å². The van der Waals surface area contributed by atoms with Crippen molar-refractivity contribution in [2.45, 2.75) is 58.8 Å². The Labute approximate surface area is 294 Å². The van der Waals surface area contributed by atoms with Gasteiger partial charge in [0.1, 0.15) is 28.6 Å². The Kier molecular flexibility index (Phi) is 8.56.